The SMILES string of the molecule is NC1=CC=C(C(=O)[N-]C2CCC(=O)NC2=O)[C-]=C(C(F)(F)F)C1.[W+2]. The van der Waals surface area contributed by atoms with E-state index in [1.54, 1.807) is 0 Å². The van der Waals surface area contributed by atoms with Gasteiger partial charge in [-0.25, -0.2) is 0 Å². The fourth-order valence-corrected chi connectivity index (χ4v) is 2.01. The minimum atomic E-state index is -4.68. The van der Waals surface area contributed by atoms with E-state index in [0.717, 1.165) is 6.08 Å². The quantitative estimate of drug-likeness (QED) is 0.429. The van der Waals surface area contributed by atoms with Crippen molar-refractivity contribution in [3.63, 3.8) is 0 Å². The molecule has 1 aliphatic carbocycles. The summed E-state index contributed by atoms with van der Waals surface area (Å²) in [4.78, 5) is 34.6. The van der Waals surface area contributed by atoms with Gasteiger partial charge in [0.2, 0.25) is 11.8 Å². The zero-order valence-electron chi connectivity index (χ0n) is 12.1. The van der Waals surface area contributed by atoms with Crippen LogP contribution in [0.2, 0.25) is 0 Å². The number of carbonyl (C=O) groups excluding carboxylic acids is 3. The van der Waals surface area contributed by atoms with Crippen molar-refractivity contribution in [2.24, 2.45) is 5.73 Å². The summed E-state index contributed by atoms with van der Waals surface area (Å²) in [6.45, 7) is 0. The number of nitrogens with one attached hydrogen (secondary N) is 1. The fraction of sp³-hybridized carbons (Fsp3) is 0.357. The average molecular weight is 511 g/mol. The Bertz CT molecular complexity index is 653. The molecule has 0 saturated carbocycles. The van der Waals surface area contributed by atoms with Gasteiger partial charge in [-0.1, -0.05) is 6.08 Å². The van der Waals surface area contributed by atoms with Crippen molar-refractivity contribution in [2.75, 3.05) is 0 Å². The van der Waals surface area contributed by atoms with Crippen molar-refractivity contribution in [3.05, 3.63) is 40.4 Å². The van der Waals surface area contributed by atoms with Crippen LogP contribution >= 0.6 is 0 Å². The number of imide groups is 1. The van der Waals surface area contributed by atoms with E-state index in [1.807, 2.05) is 11.4 Å². The van der Waals surface area contributed by atoms with E-state index in [2.05, 4.69) is 5.32 Å². The number of carbonyl (C=O) groups is 3. The van der Waals surface area contributed by atoms with Gasteiger partial charge in [0.25, 0.3) is 0 Å². The molecular weight excluding hydrogens is 499 g/mol. The molecule has 1 fully saturated rings. The molecule has 0 radical (unpaired) electrons. The molecule has 2 rings (SSSR count). The van der Waals surface area contributed by atoms with Crippen LogP contribution in [0.3, 0.4) is 0 Å². The molecular formula is C14H12F3N3O3W. The first-order chi connectivity index (χ1) is 10.7. The number of hydrogen-bond donors (Lipinski definition) is 2. The molecule has 1 atom stereocenters. The summed E-state index contributed by atoms with van der Waals surface area (Å²) in [5, 5.41) is 5.58. The first-order valence-electron chi connectivity index (χ1n) is 6.62. The Morgan fingerprint density at radius 3 is 2.58 bits per heavy atom. The Kier molecular flexibility index (Phi) is 6.54. The van der Waals surface area contributed by atoms with Crippen LogP contribution in [-0.2, 0) is 35.4 Å². The van der Waals surface area contributed by atoms with Crippen molar-refractivity contribution in [1.29, 1.82) is 0 Å². The van der Waals surface area contributed by atoms with Gasteiger partial charge in [-0.3, -0.25) is 14.9 Å². The van der Waals surface area contributed by atoms with Crippen molar-refractivity contribution in [2.45, 2.75) is 31.5 Å². The number of allylic oxidation sites excluding steroid dienone is 3. The van der Waals surface area contributed by atoms with Gasteiger partial charge >= 0.3 is 27.2 Å². The summed E-state index contributed by atoms with van der Waals surface area (Å²) in [5.41, 5.74) is 3.80. The molecule has 2 aliphatic rings. The predicted molar refractivity (Wildman–Crippen MR) is 72.3 cm³/mol. The molecule has 6 nitrogen and oxygen atoms in total. The third-order valence-electron chi connectivity index (χ3n) is 3.19. The molecule has 1 saturated heterocycles. The third kappa shape index (κ3) is 5.06. The van der Waals surface area contributed by atoms with Crippen LogP contribution in [0.5, 0.6) is 0 Å². The molecule has 0 aromatic carbocycles. The van der Waals surface area contributed by atoms with E-state index in [0.29, 0.717) is 0 Å². The number of nitrogens with two attached hydrogens (primary N) is 1. The van der Waals surface area contributed by atoms with Crippen molar-refractivity contribution < 1.29 is 48.6 Å². The second-order valence-corrected chi connectivity index (χ2v) is 5.00. The normalized spacial score (nSPS) is 21.5. The summed E-state index contributed by atoms with van der Waals surface area (Å²) < 4.78 is 38.5. The molecule has 0 aromatic rings. The molecule has 24 heavy (non-hydrogen) atoms. The number of alkyl halides is 3. The standard InChI is InChI=1S/C14H13F3N3O3.W/c15-14(16,17)8-5-7(1-2-9(18)6-8)12(22)19-10-3-4-11(21)20-13(10)23;/h1-2,10H,3-4,6H2,(H4,18,19,20,21,22,23);/q-1;+2/p-1. The van der Waals surface area contributed by atoms with Crippen molar-refractivity contribution in [1.82, 2.24) is 5.32 Å². The number of hydrogen-bond acceptors (Lipinski definition) is 4. The van der Waals surface area contributed by atoms with Crippen LogP contribution in [0, 0.1) is 6.08 Å². The number of nitrogens with zero attached hydrogens (tertiary/aromatic N) is 1. The first-order valence-corrected chi connectivity index (χ1v) is 6.62. The van der Waals surface area contributed by atoms with Crippen LogP contribution in [0.25, 0.3) is 5.32 Å². The van der Waals surface area contributed by atoms with E-state index in [9.17, 15) is 27.6 Å². The van der Waals surface area contributed by atoms with Gasteiger partial charge in [-0.2, -0.15) is 30.9 Å². The monoisotopic (exact) mass is 511 g/mol. The number of amides is 3. The van der Waals surface area contributed by atoms with Gasteiger partial charge < -0.3 is 15.8 Å². The number of rotatable bonds is 2. The Hall–Kier alpha value is -1.89. The third-order valence-corrected chi connectivity index (χ3v) is 3.19. The molecule has 0 aromatic heterocycles. The van der Waals surface area contributed by atoms with Gasteiger partial charge in [0, 0.05) is 12.8 Å². The molecule has 3 N–H and O–H groups in total. The summed E-state index contributed by atoms with van der Waals surface area (Å²) in [7, 11) is 0. The molecule has 3 amide bonds. The average Bonchev–Trinajstić information content (AvgIpc) is 2.63. The summed E-state index contributed by atoms with van der Waals surface area (Å²) in [6, 6.07) is -1.11. The van der Waals surface area contributed by atoms with E-state index < -0.39 is 47.5 Å². The van der Waals surface area contributed by atoms with Crippen LogP contribution in [0.15, 0.2) is 29.0 Å². The maximum Gasteiger partial charge on any atom is 2.00 e. The zero-order valence-corrected chi connectivity index (χ0v) is 15.1. The smallest absolute Gasteiger partial charge is 0.699 e. The second-order valence-electron chi connectivity index (χ2n) is 5.00. The molecule has 0 spiro atoms. The number of piperidine rings is 1. The van der Waals surface area contributed by atoms with Crippen molar-refractivity contribution >= 4 is 17.7 Å². The minimum absolute atomic E-state index is 0. The van der Waals surface area contributed by atoms with E-state index in [-0.39, 0.29) is 39.6 Å². The Morgan fingerprint density at radius 2 is 2.00 bits per heavy atom. The largest absolute Gasteiger partial charge is 2.00 e. The molecule has 128 valence electrons. The Labute approximate surface area is 149 Å². The maximum absolute atomic E-state index is 12.8. The first kappa shape index (κ1) is 20.2. The topological polar surface area (TPSA) is 103 Å². The van der Waals surface area contributed by atoms with Crippen LogP contribution in [0.1, 0.15) is 19.3 Å². The molecule has 1 unspecified atom stereocenters. The Balaban J connectivity index is 0.00000288. The van der Waals surface area contributed by atoms with Crippen molar-refractivity contribution in [3.8, 4) is 0 Å². The van der Waals surface area contributed by atoms with Gasteiger partial charge in [0.15, 0.2) is 0 Å². The molecule has 10 heteroatoms. The fourth-order valence-electron chi connectivity index (χ4n) is 2.01. The zero-order chi connectivity index (χ0) is 17.2. The summed E-state index contributed by atoms with van der Waals surface area (Å²) >= 11 is 0. The van der Waals surface area contributed by atoms with E-state index >= 15 is 0 Å². The summed E-state index contributed by atoms with van der Waals surface area (Å²) in [6.07, 6.45) is -1.02. The van der Waals surface area contributed by atoms with E-state index in [4.69, 9.17) is 5.73 Å². The van der Waals surface area contributed by atoms with Gasteiger partial charge in [0.05, 0.1) is 0 Å². The Morgan fingerprint density at radius 1 is 1.33 bits per heavy atom. The van der Waals surface area contributed by atoms with Crippen LogP contribution < -0.4 is 11.1 Å². The van der Waals surface area contributed by atoms with Gasteiger partial charge in [-0.15, -0.1) is 0 Å². The maximum atomic E-state index is 12.8. The minimum Gasteiger partial charge on any atom is -0.699 e. The van der Waals surface area contributed by atoms with Crippen LogP contribution in [0.4, 0.5) is 13.2 Å². The second kappa shape index (κ2) is 7.79. The van der Waals surface area contributed by atoms with E-state index in [1.165, 1.54) is 6.08 Å². The predicted octanol–water partition coefficient (Wildman–Crippen LogP) is 1.15. The van der Waals surface area contributed by atoms with Crippen LogP contribution in [-0.4, -0.2) is 29.9 Å². The molecule has 1 heterocycles. The summed E-state index contributed by atoms with van der Waals surface area (Å²) in [5.74, 6) is -2.25. The molecule has 1 aliphatic heterocycles. The van der Waals surface area contributed by atoms with Gasteiger partial charge in [0.1, 0.15) is 0 Å². The van der Waals surface area contributed by atoms with Gasteiger partial charge in [-0.05, 0) is 29.6 Å². The number of halogens is 3. The molecule has 0 bridgehead atoms.